The van der Waals surface area contributed by atoms with Gasteiger partial charge in [-0.05, 0) is 19.8 Å². The van der Waals surface area contributed by atoms with E-state index in [2.05, 4.69) is 29.8 Å². The largest absolute Gasteiger partial charge is 0.352 e. The van der Waals surface area contributed by atoms with Crippen LogP contribution in [0.1, 0.15) is 46.5 Å². The molecule has 0 aliphatic rings. The predicted molar refractivity (Wildman–Crippen MR) is 63.9 cm³/mol. The molecule has 0 aromatic heterocycles. The third kappa shape index (κ3) is 6.80. The molecule has 14 heavy (non-hydrogen) atoms. The summed E-state index contributed by atoms with van der Waals surface area (Å²) in [5.74, 6) is 0. The maximum absolute atomic E-state index is 5.82. The molecule has 0 saturated carbocycles. The smallest absolute Gasteiger partial charge is 0.167 e. The van der Waals surface area contributed by atoms with Crippen molar-refractivity contribution in [3.8, 4) is 0 Å². The highest BCUT2D eigenvalue weighted by atomic mass is 79.9. The van der Waals surface area contributed by atoms with Gasteiger partial charge in [-0.3, -0.25) is 0 Å². The summed E-state index contributed by atoms with van der Waals surface area (Å²) >= 11 is 3.39. The fourth-order valence-corrected chi connectivity index (χ4v) is 1.66. The molecule has 0 aliphatic heterocycles. The Balaban J connectivity index is 3.75. The molecule has 0 saturated heterocycles. The summed E-state index contributed by atoms with van der Waals surface area (Å²) in [7, 11) is 0. The van der Waals surface area contributed by atoms with Crippen molar-refractivity contribution in [3.63, 3.8) is 0 Å². The molecule has 3 heteroatoms. The summed E-state index contributed by atoms with van der Waals surface area (Å²) in [6.07, 6.45) is 4.94. The van der Waals surface area contributed by atoms with Crippen LogP contribution < -0.4 is 0 Å². The maximum Gasteiger partial charge on any atom is 0.167 e. The summed E-state index contributed by atoms with van der Waals surface area (Å²) < 4.78 is 11.3. The van der Waals surface area contributed by atoms with E-state index in [9.17, 15) is 0 Å². The summed E-state index contributed by atoms with van der Waals surface area (Å²) in [6.45, 7) is 7.07. The molecule has 1 unspecified atom stereocenters. The SMILES string of the molecule is CCCC[C@@H](CC)OC(CBr)OCC. The highest BCUT2D eigenvalue weighted by molar-refractivity contribution is 9.09. The zero-order valence-corrected chi connectivity index (χ0v) is 11.2. The Morgan fingerprint density at radius 1 is 1.21 bits per heavy atom. The Kier molecular flexibility index (Phi) is 10.2. The molecule has 0 aromatic carbocycles. The first-order chi connectivity index (χ1) is 6.78. The number of rotatable bonds is 9. The minimum Gasteiger partial charge on any atom is -0.352 e. The van der Waals surface area contributed by atoms with Crippen LogP contribution in [-0.2, 0) is 9.47 Å². The molecule has 0 N–H and O–H groups in total. The molecule has 2 atom stereocenters. The molecule has 0 bridgehead atoms. The van der Waals surface area contributed by atoms with Crippen LogP contribution in [0.5, 0.6) is 0 Å². The van der Waals surface area contributed by atoms with E-state index in [0.717, 1.165) is 18.2 Å². The Morgan fingerprint density at radius 2 is 1.93 bits per heavy atom. The van der Waals surface area contributed by atoms with Gasteiger partial charge in [0.05, 0.1) is 11.4 Å². The van der Waals surface area contributed by atoms with E-state index in [1.54, 1.807) is 0 Å². The highest BCUT2D eigenvalue weighted by Crippen LogP contribution is 2.13. The first-order valence-corrected chi connectivity index (χ1v) is 6.73. The fraction of sp³-hybridized carbons (Fsp3) is 1.00. The minimum atomic E-state index is -0.0817. The van der Waals surface area contributed by atoms with Crippen molar-refractivity contribution >= 4 is 15.9 Å². The molecule has 0 heterocycles. The lowest BCUT2D eigenvalue weighted by Gasteiger charge is -2.22. The van der Waals surface area contributed by atoms with Gasteiger partial charge >= 0.3 is 0 Å². The van der Waals surface area contributed by atoms with Gasteiger partial charge < -0.3 is 9.47 Å². The van der Waals surface area contributed by atoms with E-state index < -0.39 is 0 Å². The fourth-order valence-electron chi connectivity index (χ4n) is 1.32. The number of alkyl halides is 1. The zero-order chi connectivity index (χ0) is 10.8. The number of halogens is 1. The van der Waals surface area contributed by atoms with Gasteiger partial charge in [0, 0.05) is 6.61 Å². The van der Waals surface area contributed by atoms with Crippen LogP contribution in [0, 0.1) is 0 Å². The van der Waals surface area contributed by atoms with E-state index in [1.807, 2.05) is 6.92 Å². The van der Waals surface area contributed by atoms with Crippen LogP contribution in [0.25, 0.3) is 0 Å². The van der Waals surface area contributed by atoms with Gasteiger partial charge in [-0.15, -0.1) is 0 Å². The van der Waals surface area contributed by atoms with Crippen molar-refractivity contribution in [1.29, 1.82) is 0 Å². The molecule has 0 fully saturated rings. The lowest BCUT2D eigenvalue weighted by molar-refractivity contribution is -0.155. The normalized spacial score (nSPS) is 15.4. The van der Waals surface area contributed by atoms with Gasteiger partial charge in [0.2, 0.25) is 0 Å². The average Bonchev–Trinajstić information content (AvgIpc) is 2.22. The Labute approximate surface area is 96.5 Å². The van der Waals surface area contributed by atoms with E-state index in [0.29, 0.717) is 12.7 Å². The van der Waals surface area contributed by atoms with Crippen molar-refractivity contribution in [3.05, 3.63) is 0 Å². The molecule has 2 nitrogen and oxygen atoms in total. The number of hydrogen-bond acceptors (Lipinski definition) is 2. The van der Waals surface area contributed by atoms with Crippen LogP contribution in [0.15, 0.2) is 0 Å². The third-order valence-electron chi connectivity index (χ3n) is 2.16. The Hall–Kier alpha value is 0.400. The first kappa shape index (κ1) is 14.4. The van der Waals surface area contributed by atoms with Gasteiger partial charge in [-0.2, -0.15) is 0 Å². The van der Waals surface area contributed by atoms with Crippen LogP contribution in [0.4, 0.5) is 0 Å². The molecule has 0 amide bonds. The van der Waals surface area contributed by atoms with Gasteiger partial charge in [0.25, 0.3) is 0 Å². The van der Waals surface area contributed by atoms with Gasteiger partial charge in [-0.1, -0.05) is 42.6 Å². The van der Waals surface area contributed by atoms with E-state index >= 15 is 0 Å². The number of unbranched alkanes of at least 4 members (excludes halogenated alkanes) is 1. The molecular formula is C11H23BrO2. The lowest BCUT2D eigenvalue weighted by Crippen LogP contribution is -2.25. The van der Waals surface area contributed by atoms with Gasteiger partial charge in [-0.25, -0.2) is 0 Å². The van der Waals surface area contributed by atoms with Crippen molar-refractivity contribution in [2.24, 2.45) is 0 Å². The quantitative estimate of drug-likeness (QED) is 0.468. The van der Waals surface area contributed by atoms with E-state index in [4.69, 9.17) is 9.47 Å². The average molecular weight is 267 g/mol. The number of hydrogen-bond donors (Lipinski definition) is 0. The van der Waals surface area contributed by atoms with Gasteiger partial charge in [0.15, 0.2) is 6.29 Å². The summed E-state index contributed by atoms with van der Waals surface area (Å²) in [5, 5.41) is 0.753. The molecule has 0 radical (unpaired) electrons. The molecule has 0 spiro atoms. The second-order valence-corrected chi connectivity index (χ2v) is 4.00. The lowest BCUT2D eigenvalue weighted by atomic mass is 10.1. The van der Waals surface area contributed by atoms with Crippen molar-refractivity contribution in [2.45, 2.75) is 58.8 Å². The molecular weight excluding hydrogens is 244 g/mol. The van der Waals surface area contributed by atoms with Crippen molar-refractivity contribution in [1.82, 2.24) is 0 Å². The maximum atomic E-state index is 5.82. The predicted octanol–water partition coefficient (Wildman–Crippen LogP) is 3.73. The zero-order valence-electron chi connectivity index (χ0n) is 9.59. The third-order valence-corrected chi connectivity index (χ3v) is 2.69. The van der Waals surface area contributed by atoms with Crippen molar-refractivity contribution in [2.75, 3.05) is 11.9 Å². The van der Waals surface area contributed by atoms with Crippen LogP contribution in [-0.4, -0.2) is 24.3 Å². The monoisotopic (exact) mass is 266 g/mol. The highest BCUT2D eigenvalue weighted by Gasteiger charge is 2.13. The minimum absolute atomic E-state index is 0.0817. The number of ether oxygens (including phenoxy) is 2. The Bertz CT molecular complexity index is 120. The van der Waals surface area contributed by atoms with Crippen LogP contribution in [0.3, 0.4) is 0 Å². The first-order valence-electron chi connectivity index (χ1n) is 5.61. The van der Waals surface area contributed by atoms with Gasteiger partial charge in [0.1, 0.15) is 0 Å². The Morgan fingerprint density at radius 3 is 2.36 bits per heavy atom. The summed E-state index contributed by atoms with van der Waals surface area (Å²) in [4.78, 5) is 0. The molecule has 86 valence electrons. The standard InChI is InChI=1S/C11H23BrO2/c1-4-7-8-10(5-2)14-11(9-12)13-6-3/h10-11H,4-9H2,1-3H3/t10-,11?/m1/s1. The van der Waals surface area contributed by atoms with Crippen LogP contribution in [0.2, 0.25) is 0 Å². The van der Waals surface area contributed by atoms with Crippen LogP contribution >= 0.6 is 15.9 Å². The second-order valence-electron chi connectivity index (χ2n) is 3.35. The summed E-state index contributed by atoms with van der Waals surface area (Å²) in [6, 6.07) is 0. The summed E-state index contributed by atoms with van der Waals surface area (Å²) in [5.41, 5.74) is 0. The topological polar surface area (TPSA) is 18.5 Å². The molecule has 0 aliphatic carbocycles. The molecule has 0 rings (SSSR count). The van der Waals surface area contributed by atoms with E-state index in [-0.39, 0.29) is 6.29 Å². The van der Waals surface area contributed by atoms with E-state index in [1.165, 1.54) is 12.8 Å². The molecule has 0 aromatic rings. The van der Waals surface area contributed by atoms with Crippen molar-refractivity contribution < 1.29 is 9.47 Å². The second kappa shape index (κ2) is 9.94.